The van der Waals surface area contributed by atoms with Crippen LogP contribution in [0.25, 0.3) is 0 Å². The molecule has 15 heteroatoms. The van der Waals surface area contributed by atoms with E-state index in [9.17, 15) is 42.7 Å². The number of ketones is 8. The van der Waals surface area contributed by atoms with Crippen LogP contribution in [0, 0.1) is 11.3 Å². The smallest absolute Gasteiger partial charge is 0.174 e. The quantitative estimate of drug-likeness (QED) is 0.146. The summed E-state index contributed by atoms with van der Waals surface area (Å²) in [6.45, 7) is 21.9. The van der Waals surface area contributed by atoms with Crippen LogP contribution in [0.2, 0.25) is 0 Å². The lowest BCUT2D eigenvalue weighted by Crippen LogP contribution is -2.22. The normalized spacial score (nSPS) is 17.2. The largest absolute Gasteiger partial charge is 0.300 e. The van der Waals surface area contributed by atoms with Gasteiger partial charge in [0.1, 0.15) is 27.5 Å². The Balaban J connectivity index is -0.000000190. The maximum absolute atomic E-state index is 12.2. The minimum atomic E-state index is -1.64. The average molecular weight is 980 g/mol. The Morgan fingerprint density at radius 3 is 1.44 bits per heavy atom. The Labute approximate surface area is 382 Å². The number of Topliss-reactive ketones (excluding diaryl/α,β-unsaturated/α-hetero) is 8. The molecule has 59 heavy (non-hydrogen) atoms. The molecule has 0 aromatic carbocycles. The molecule has 3 aliphatic carbocycles. The third kappa shape index (κ3) is 37.6. The fourth-order valence-electron chi connectivity index (χ4n) is 3.77. The molecule has 342 valence electrons. The SMILES string of the molecule is CC(=O)C(C)(C)F.CC(=O)C(C)CCl.CC(=O)C1(C)CC1(Cl)Cl.CC(=O)C1=C(Br)CCC1.CC(=O)C1=CCCC1.CC(C)=O.CCCC(C)=O.CN=C(CSC)C(C)=O. The van der Waals surface area contributed by atoms with E-state index in [4.69, 9.17) is 34.8 Å². The van der Waals surface area contributed by atoms with Gasteiger partial charge in [-0.1, -0.05) is 35.9 Å². The summed E-state index contributed by atoms with van der Waals surface area (Å²) in [4.78, 5) is 86.4. The zero-order valence-electron chi connectivity index (χ0n) is 38.4. The topological polar surface area (TPSA) is 149 Å². The molecule has 0 spiro atoms. The molecule has 0 aliphatic heterocycles. The predicted octanol–water partition coefficient (Wildman–Crippen LogP) is 12.0. The van der Waals surface area contributed by atoms with Crippen molar-refractivity contribution in [3.05, 3.63) is 21.7 Å². The Morgan fingerprint density at radius 2 is 1.36 bits per heavy atom. The van der Waals surface area contributed by atoms with Crippen molar-refractivity contribution < 1.29 is 42.7 Å². The summed E-state index contributed by atoms with van der Waals surface area (Å²) >= 11 is 21.7. The number of hydrogen-bond acceptors (Lipinski definition) is 10. The van der Waals surface area contributed by atoms with E-state index in [2.05, 4.69) is 20.9 Å². The molecule has 3 aliphatic rings. The van der Waals surface area contributed by atoms with Crippen molar-refractivity contribution in [2.75, 3.05) is 24.9 Å². The lowest BCUT2D eigenvalue weighted by Gasteiger charge is -2.06. The van der Waals surface area contributed by atoms with Crippen molar-refractivity contribution >= 4 is 114 Å². The van der Waals surface area contributed by atoms with Gasteiger partial charge < -0.3 is 9.59 Å². The molecular formula is C44H72BrCl3FNO8S. The molecule has 0 bridgehead atoms. The molecule has 0 heterocycles. The van der Waals surface area contributed by atoms with E-state index in [0.29, 0.717) is 18.0 Å². The van der Waals surface area contributed by atoms with E-state index >= 15 is 0 Å². The van der Waals surface area contributed by atoms with Crippen molar-refractivity contribution in [3.8, 4) is 0 Å². The summed E-state index contributed by atoms with van der Waals surface area (Å²) in [6, 6.07) is 0. The number of carbonyl (C=O) groups is 8. The molecule has 9 nitrogen and oxygen atoms in total. The van der Waals surface area contributed by atoms with E-state index in [0.717, 1.165) is 66.3 Å². The number of nitrogens with zero attached hydrogens (tertiary/aromatic N) is 1. The van der Waals surface area contributed by atoms with Crippen molar-refractivity contribution in [1.29, 1.82) is 0 Å². The number of halogens is 5. The summed E-state index contributed by atoms with van der Waals surface area (Å²) in [5, 5.41) is 0. The van der Waals surface area contributed by atoms with Gasteiger partial charge in [0.2, 0.25) is 0 Å². The number of carbonyl (C=O) groups excluding carboxylic acids is 8. The van der Waals surface area contributed by atoms with Crippen LogP contribution in [0.3, 0.4) is 0 Å². The highest BCUT2D eigenvalue weighted by Crippen LogP contribution is 2.64. The van der Waals surface area contributed by atoms with Crippen LogP contribution in [0.4, 0.5) is 4.39 Å². The second kappa shape index (κ2) is 35.7. The van der Waals surface area contributed by atoms with Crippen molar-refractivity contribution in [3.63, 3.8) is 0 Å². The zero-order chi connectivity index (χ0) is 47.9. The summed E-state index contributed by atoms with van der Waals surface area (Å²) in [7, 11) is 1.65. The molecule has 2 unspecified atom stereocenters. The van der Waals surface area contributed by atoms with E-state index < -0.39 is 21.2 Å². The third-order valence-corrected chi connectivity index (χ3v) is 11.4. The van der Waals surface area contributed by atoms with Crippen LogP contribution < -0.4 is 0 Å². The fourth-order valence-corrected chi connectivity index (χ4v) is 6.15. The van der Waals surface area contributed by atoms with E-state index in [1.165, 1.54) is 48.0 Å². The molecule has 0 saturated heterocycles. The molecule has 3 rings (SSSR count). The first-order valence-electron chi connectivity index (χ1n) is 19.4. The Kier molecular flexibility index (Phi) is 40.1. The second-order valence-electron chi connectivity index (χ2n) is 15.0. The van der Waals surface area contributed by atoms with Gasteiger partial charge in [-0.15, -0.1) is 34.8 Å². The molecule has 0 amide bonds. The monoisotopic (exact) mass is 977 g/mol. The van der Waals surface area contributed by atoms with E-state index in [-0.39, 0.29) is 46.4 Å². The van der Waals surface area contributed by atoms with Gasteiger partial charge in [0, 0.05) is 48.0 Å². The first kappa shape index (κ1) is 66.2. The van der Waals surface area contributed by atoms with Crippen molar-refractivity contribution in [2.45, 2.75) is 165 Å². The fraction of sp³-hybridized carbons (Fsp3) is 0.705. The molecule has 1 fully saturated rings. The van der Waals surface area contributed by atoms with Crippen molar-refractivity contribution in [2.24, 2.45) is 16.3 Å². The van der Waals surface area contributed by atoms with Gasteiger partial charge in [-0.3, -0.25) is 33.8 Å². The van der Waals surface area contributed by atoms with Crippen LogP contribution in [0.5, 0.6) is 0 Å². The summed E-state index contributed by atoms with van der Waals surface area (Å²) in [6.07, 6.45) is 12.8. The maximum atomic E-state index is 12.2. The minimum Gasteiger partial charge on any atom is -0.300 e. The lowest BCUT2D eigenvalue weighted by molar-refractivity contribution is -0.126. The van der Waals surface area contributed by atoms with Gasteiger partial charge >= 0.3 is 0 Å². The van der Waals surface area contributed by atoms with Crippen molar-refractivity contribution in [1.82, 2.24) is 0 Å². The minimum absolute atomic E-state index is 0.0293. The second-order valence-corrected chi connectivity index (χ2v) is 18.6. The number of hydrogen-bond donors (Lipinski definition) is 0. The number of aliphatic imine (C=N–C) groups is 1. The van der Waals surface area contributed by atoms with Gasteiger partial charge in [-0.25, -0.2) is 4.39 Å². The molecular weight excluding hydrogens is 908 g/mol. The third-order valence-electron chi connectivity index (χ3n) is 8.43. The number of alkyl halides is 4. The summed E-state index contributed by atoms with van der Waals surface area (Å²) in [5.41, 5.74) is 0.596. The van der Waals surface area contributed by atoms with E-state index in [1.807, 2.05) is 26.2 Å². The summed E-state index contributed by atoms with van der Waals surface area (Å²) < 4.78 is 12.5. The number of allylic oxidation sites excluding steroid dienone is 4. The lowest BCUT2D eigenvalue weighted by atomic mass is 10.1. The van der Waals surface area contributed by atoms with Crippen LogP contribution in [0.1, 0.15) is 155 Å². The number of thioether (sulfide) groups is 1. The van der Waals surface area contributed by atoms with Crippen LogP contribution >= 0.6 is 62.5 Å². The zero-order valence-corrected chi connectivity index (χ0v) is 43.1. The first-order valence-corrected chi connectivity index (χ1v) is 22.9. The highest BCUT2D eigenvalue weighted by atomic mass is 79.9. The predicted molar refractivity (Wildman–Crippen MR) is 252 cm³/mol. The van der Waals surface area contributed by atoms with Gasteiger partial charge in [0.15, 0.2) is 28.8 Å². The first-order chi connectivity index (χ1) is 26.8. The van der Waals surface area contributed by atoms with Gasteiger partial charge in [-0.05, 0) is 139 Å². The van der Waals surface area contributed by atoms with Crippen LogP contribution in [-0.4, -0.2) is 86.9 Å². The van der Waals surface area contributed by atoms with Gasteiger partial charge in [0.05, 0.1) is 11.1 Å². The highest BCUT2D eigenvalue weighted by molar-refractivity contribution is 9.11. The van der Waals surface area contributed by atoms with Gasteiger partial charge in [-0.2, -0.15) is 11.8 Å². The van der Waals surface area contributed by atoms with Crippen LogP contribution in [-0.2, 0) is 38.4 Å². The van der Waals surface area contributed by atoms with E-state index in [1.54, 1.807) is 60.4 Å². The Morgan fingerprint density at radius 1 is 0.898 bits per heavy atom. The molecule has 0 radical (unpaired) electrons. The molecule has 0 aromatic rings. The molecule has 0 N–H and O–H groups in total. The number of rotatable bonds is 11. The molecule has 0 aromatic heterocycles. The Bertz CT molecular complexity index is 1470. The average Bonchev–Trinajstić information content (AvgIpc) is 3.54. The van der Waals surface area contributed by atoms with Crippen LogP contribution in [0.15, 0.2) is 26.7 Å². The molecule has 2 atom stereocenters. The standard InChI is InChI=1S/C7H9BrO.C7H10O.C6H8Cl2O.C6H11NOS.C5H9ClO.C5H9FO.C5H10O.C3H6O/c1-5(9)6-3-2-4-7(6)8;1-6(8)7-4-2-3-5-7;1-4(9)5(2)3-6(5,7)8;1-5(8)6(7-2)4-9-3;1-4(3-6)5(2)7;1-4(7)5(2,3)6;1-3-4-5(2)6;1-3(2)4/h2-4H2,1H3;4H,2-3,5H2,1H3;3H2,1-2H3;4H2,1-3H3;4H,3H2,1-2H3;1-3H3;3-4H2,1-2H3;1-2H3. The maximum Gasteiger partial charge on any atom is 0.174 e. The molecule has 1 saturated carbocycles. The Hall–Kier alpha value is -1.86. The van der Waals surface area contributed by atoms with Gasteiger partial charge in [0.25, 0.3) is 0 Å². The highest BCUT2D eigenvalue weighted by Gasteiger charge is 2.66. The summed E-state index contributed by atoms with van der Waals surface area (Å²) in [5.74, 6) is 2.02.